The first-order chi connectivity index (χ1) is 9.23. The van der Waals surface area contributed by atoms with Gasteiger partial charge in [0.15, 0.2) is 5.76 Å². The number of hydrogen-bond acceptors (Lipinski definition) is 3. The molecule has 0 spiro atoms. The predicted octanol–water partition coefficient (Wildman–Crippen LogP) is 4.64. The molecule has 1 aromatic carbocycles. The van der Waals surface area contributed by atoms with Crippen LogP contribution in [0.5, 0.6) is 0 Å². The second-order valence-corrected chi connectivity index (χ2v) is 6.18. The molecule has 0 bridgehead atoms. The third kappa shape index (κ3) is 2.53. The maximum absolute atomic E-state index is 11.5. The lowest BCUT2D eigenvalue weighted by atomic mass is 9.89. The molecule has 106 valence electrons. The van der Waals surface area contributed by atoms with E-state index in [1.54, 1.807) is 18.2 Å². The number of carbonyl (C=O) groups is 1. The van der Waals surface area contributed by atoms with Crippen molar-refractivity contribution in [3.63, 3.8) is 0 Å². The normalized spacial score (nSPS) is 11.7. The van der Waals surface area contributed by atoms with Crippen LogP contribution in [0.4, 0.5) is 0 Å². The number of rotatable bonds is 2. The summed E-state index contributed by atoms with van der Waals surface area (Å²) in [5, 5.41) is 13.9. The Morgan fingerprint density at radius 2 is 1.95 bits per heavy atom. The molecule has 0 saturated heterocycles. The van der Waals surface area contributed by atoms with Crippen LogP contribution < -0.4 is 0 Å². The maximum Gasteiger partial charge on any atom is 0.341 e. The van der Waals surface area contributed by atoms with Crippen molar-refractivity contribution in [1.29, 1.82) is 0 Å². The summed E-state index contributed by atoms with van der Waals surface area (Å²) in [6.07, 6.45) is 0. The molecule has 0 fully saturated rings. The summed E-state index contributed by atoms with van der Waals surface area (Å²) >= 11 is 12.1. The van der Waals surface area contributed by atoms with Gasteiger partial charge in [0.1, 0.15) is 11.3 Å². The van der Waals surface area contributed by atoms with E-state index in [0.717, 1.165) is 0 Å². The summed E-state index contributed by atoms with van der Waals surface area (Å²) in [4.78, 5) is 11.5. The fourth-order valence-corrected chi connectivity index (χ4v) is 2.26. The van der Waals surface area contributed by atoms with Crippen molar-refractivity contribution in [2.75, 3.05) is 0 Å². The van der Waals surface area contributed by atoms with Crippen LogP contribution in [0.15, 0.2) is 22.7 Å². The fraction of sp³-hybridized carbons (Fsp3) is 0.286. The first-order valence-corrected chi connectivity index (χ1v) is 6.67. The van der Waals surface area contributed by atoms with Crippen LogP contribution >= 0.6 is 23.2 Å². The average Bonchev–Trinajstić information content (AvgIpc) is 2.77. The number of carboxylic acid groups (broad SMARTS) is 1. The monoisotopic (exact) mass is 313 g/mol. The van der Waals surface area contributed by atoms with E-state index in [1.165, 1.54) is 0 Å². The standard InChI is InChI=1S/C14H13Cl2NO3/c1-14(2,3)12-9(13(18)19)11(17-20-12)7-5-4-6-8(15)10(7)16/h4-6H,1-3H3,(H,18,19). The van der Waals surface area contributed by atoms with Crippen LogP contribution in [-0.2, 0) is 5.41 Å². The lowest BCUT2D eigenvalue weighted by molar-refractivity contribution is 0.0693. The van der Waals surface area contributed by atoms with Gasteiger partial charge < -0.3 is 9.63 Å². The molecular weight excluding hydrogens is 301 g/mol. The minimum atomic E-state index is -1.11. The highest BCUT2D eigenvalue weighted by molar-refractivity contribution is 6.43. The zero-order chi connectivity index (χ0) is 15.1. The lowest BCUT2D eigenvalue weighted by Gasteiger charge is -2.14. The topological polar surface area (TPSA) is 63.3 Å². The summed E-state index contributed by atoms with van der Waals surface area (Å²) < 4.78 is 5.24. The minimum Gasteiger partial charge on any atom is -0.477 e. The molecule has 1 N–H and O–H groups in total. The summed E-state index contributed by atoms with van der Waals surface area (Å²) in [6.45, 7) is 5.55. The molecule has 20 heavy (non-hydrogen) atoms. The smallest absolute Gasteiger partial charge is 0.341 e. The van der Waals surface area contributed by atoms with Gasteiger partial charge in [0, 0.05) is 11.0 Å². The lowest BCUT2D eigenvalue weighted by Crippen LogP contribution is -2.15. The van der Waals surface area contributed by atoms with E-state index in [-0.39, 0.29) is 16.3 Å². The van der Waals surface area contributed by atoms with Gasteiger partial charge in [-0.25, -0.2) is 4.79 Å². The molecule has 0 saturated carbocycles. The number of nitrogens with zero attached hydrogens (tertiary/aromatic N) is 1. The van der Waals surface area contributed by atoms with Crippen molar-refractivity contribution in [2.45, 2.75) is 26.2 Å². The second-order valence-electron chi connectivity index (χ2n) is 5.39. The number of carboxylic acids is 1. The summed E-state index contributed by atoms with van der Waals surface area (Å²) in [5.41, 5.74) is 0.164. The van der Waals surface area contributed by atoms with Crippen LogP contribution in [0, 0.1) is 0 Å². The van der Waals surface area contributed by atoms with Gasteiger partial charge in [0.05, 0.1) is 10.0 Å². The molecule has 1 aromatic heterocycles. The number of aromatic carboxylic acids is 1. The highest BCUT2D eigenvalue weighted by Crippen LogP contribution is 2.38. The van der Waals surface area contributed by atoms with Crippen molar-refractivity contribution in [1.82, 2.24) is 5.16 Å². The van der Waals surface area contributed by atoms with Gasteiger partial charge in [-0.15, -0.1) is 0 Å². The van der Waals surface area contributed by atoms with E-state index in [1.807, 2.05) is 20.8 Å². The molecule has 0 unspecified atom stereocenters. The molecule has 0 aliphatic carbocycles. The Kier molecular flexibility index (Phi) is 3.80. The van der Waals surface area contributed by atoms with Gasteiger partial charge in [-0.2, -0.15) is 0 Å². The van der Waals surface area contributed by atoms with Gasteiger partial charge in [-0.1, -0.05) is 61.3 Å². The Labute approximate surface area is 126 Å². The largest absolute Gasteiger partial charge is 0.477 e. The second kappa shape index (κ2) is 5.11. The van der Waals surface area contributed by atoms with E-state index in [2.05, 4.69) is 5.16 Å². The Morgan fingerprint density at radius 3 is 2.50 bits per heavy atom. The highest BCUT2D eigenvalue weighted by atomic mass is 35.5. The van der Waals surface area contributed by atoms with Crippen LogP contribution in [0.25, 0.3) is 11.3 Å². The van der Waals surface area contributed by atoms with E-state index in [4.69, 9.17) is 27.7 Å². The molecule has 1 heterocycles. The molecule has 2 aromatic rings. The van der Waals surface area contributed by atoms with Crippen LogP contribution in [0.2, 0.25) is 10.0 Å². The Balaban J connectivity index is 2.73. The molecule has 0 atom stereocenters. The quantitative estimate of drug-likeness (QED) is 0.877. The SMILES string of the molecule is CC(C)(C)c1onc(-c2cccc(Cl)c2Cl)c1C(=O)O. The third-order valence-corrected chi connectivity index (χ3v) is 3.61. The molecular formula is C14H13Cl2NO3. The molecule has 0 aliphatic rings. The van der Waals surface area contributed by atoms with E-state index < -0.39 is 11.4 Å². The highest BCUT2D eigenvalue weighted by Gasteiger charge is 2.32. The minimum absolute atomic E-state index is 0.0154. The van der Waals surface area contributed by atoms with Crippen molar-refractivity contribution in [3.8, 4) is 11.3 Å². The van der Waals surface area contributed by atoms with Crippen LogP contribution in [-0.4, -0.2) is 16.2 Å². The summed E-state index contributed by atoms with van der Waals surface area (Å²) in [6, 6.07) is 4.96. The zero-order valence-corrected chi connectivity index (χ0v) is 12.7. The van der Waals surface area contributed by atoms with Gasteiger partial charge in [0.2, 0.25) is 0 Å². The van der Waals surface area contributed by atoms with Crippen molar-refractivity contribution >= 4 is 29.2 Å². The van der Waals surface area contributed by atoms with Gasteiger partial charge in [-0.05, 0) is 6.07 Å². The van der Waals surface area contributed by atoms with Crippen LogP contribution in [0.1, 0.15) is 36.9 Å². The Hall–Kier alpha value is -1.52. The molecule has 6 heteroatoms. The molecule has 0 aliphatic heterocycles. The van der Waals surface area contributed by atoms with Crippen LogP contribution in [0.3, 0.4) is 0 Å². The molecule has 4 nitrogen and oxygen atoms in total. The Bertz CT molecular complexity index is 672. The number of hydrogen-bond donors (Lipinski definition) is 1. The zero-order valence-electron chi connectivity index (χ0n) is 11.2. The van der Waals surface area contributed by atoms with E-state index >= 15 is 0 Å². The average molecular weight is 314 g/mol. The van der Waals surface area contributed by atoms with E-state index in [0.29, 0.717) is 16.3 Å². The van der Waals surface area contributed by atoms with E-state index in [9.17, 15) is 9.90 Å². The van der Waals surface area contributed by atoms with Crippen molar-refractivity contribution in [2.24, 2.45) is 0 Å². The molecule has 0 radical (unpaired) electrons. The maximum atomic E-state index is 11.5. The summed E-state index contributed by atoms with van der Waals surface area (Å²) in [5.74, 6) is -0.807. The predicted molar refractivity (Wildman–Crippen MR) is 77.6 cm³/mol. The first kappa shape index (κ1) is 14.9. The van der Waals surface area contributed by atoms with Crippen molar-refractivity contribution < 1.29 is 14.4 Å². The summed E-state index contributed by atoms with van der Waals surface area (Å²) in [7, 11) is 0. The molecule has 0 amide bonds. The van der Waals surface area contributed by atoms with Crippen molar-refractivity contribution in [3.05, 3.63) is 39.6 Å². The number of benzene rings is 1. The third-order valence-electron chi connectivity index (χ3n) is 2.79. The van der Waals surface area contributed by atoms with Gasteiger partial charge >= 0.3 is 5.97 Å². The van der Waals surface area contributed by atoms with Gasteiger partial charge in [0.25, 0.3) is 0 Å². The fourth-order valence-electron chi connectivity index (χ4n) is 1.87. The Morgan fingerprint density at radius 1 is 1.30 bits per heavy atom. The molecule has 2 rings (SSSR count). The number of aromatic nitrogens is 1. The number of halogens is 2. The van der Waals surface area contributed by atoms with Gasteiger partial charge in [-0.3, -0.25) is 0 Å². The first-order valence-electron chi connectivity index (χ1n) is 5.91.